The van der Waals surface area contributed by atoms with Crippen molar-refractivity contribution in [1.29, 1.82) is 0 Å². The summed E-state index contributed by atoms with van der Waals surface area (Å²) in [6.07, 6.45) is 0. The highest BCUT2D eigenvalue weighted by molar-refractivity contribution is 7.22. The quantitative estimate of drug-likeness (QED) is 0.566. The Morgan fingerprint density at radius 1 is 1.64 bits per heavy atom. The predicted molar refractivity (Wildman–Crippen MR) is 50.9 cm³/mol. The molecule has 56 valence electrons. The molecule has 0 fully saturated rings. The summed E-state index contributed by atoms with van der Waals surface area (Å²) in [6, 6.07) is 2.14. The lowest BCUT2D eigenvalue weighted by atomic mass is 9.62. The van der Waals surface area contributed by atoms with Crippen LogP contribution in [0.1, 0.15) is 12.5 Å². The van der Waals surface area contributed by atoms with Gasteiger partial charge >= 0.3 is 6.85 Å². The fourth-order valence-electron chi connectivity index (χ4n) is 1.27. The van der Waals surface area contributed by atoms with Gasteiger partial charge in [0, 0.05) is 10.3 Å². The van der Waals surface area contributed by atoms with Gasteiger partial charge in [-0.2, -0.15) is 16.4 Å². The Hall–Kier alpha value is -0.765. The summed E-state index contributed by atoms with van der Waals surface area (Å²) in [5, 5.41) is 9.39. The van der Waals surface area contributed by atoms with E-state index in [-0.39, 0.29) is 0 Å². The van der Waals surface area contributed by atoms with Crippen LogP contribution in [-0.2, 0) is 0 Å². The third-order valence-electron chi connectivity index (χ3n) is 1.90. The van der Waals surface area contributed by atoms with Crippen LogP contribution in [0.25, 0.3) is 0 Å². The summed E-state index contributed by atoms with van der Waals surface area (Å²) in [4.78, 5) is 0. The van der Waals surface area contributed by atoms with Gasteiger partial charge in [0.2, 0.25) is 0 Å². The number of nitrogens with zero attached hydrogens (tertiary/aromatic N) is 1. The molecule has 0 amide bonds. The van der Waals surface area contributed by atoms with Gasteiger partial charge in [-0.1, -0.05) is 6.82 Å². The summed E-state index contributed by atoms with van der Waals surface area (Å²) >= 11 is 1.79. The van der Waals surface area contributed by atoms with E-state index in [4.69, 9.17) is 0 Å². The minimum Gasteiger partial charge on any atom is -0.346 e. The van der Waals surface area contributed by atoms with Gasteiger partial charge in [0.05, 0.1) is 5.71 Å². The average Bonchev–Trinajstić information content (AvgIpc) is 2.45. The first kappa shape index (κ1) is 6.92. The van der Waals surface area contributed by atoms with Gasteiger partial charge in [-0.15, -0.1) is 0 Å². The van der Waals surface area contributed by atoms with Crippen LogP contribution in [-0.4, -0.2) is 12.6 Å². The highest BCUT2D eigenvalue weighted by Crippen LogP contribution is 2.09. The minimum atomic E-state index is 0.383. The molecule has 2 rings (SSSR count). The molecule has 0 aromatic carbocycles. The van der Waals surface area contributed by atoms with E-state index in [9.17, 15) is 0 Å². The van der Waals surface area contributed by atoms with E-state index >= 15 is 0 Å². The van der Waals surface area contributed by atoms with E-state index in [0.717, 1.165) is 5.71 Å². The van der Waals surface area contributed by atoms with E-state index in [1.807, 2.05) is 6.92 Å². The van der Waals surface area contributed by atoms with Gasteiger partial charge in [0.15, 0.2) is 0 Å². The highest BCUT2D eigenvalue weighted by Gasteiger charge is 2.21. The second-order valence-corrected chi connectivity index (χ2v) is 3.69. The van der Waals surface area contributed by atoms with Crippen LogP contribution in [0.4, 0.5) is 0 Å². The van der Waals surface area contributed by atoms with Crippen LogP contribution in [0.5, 0.6) is 0 Å². The summed E-state index contributed by atoms with van der Waals surface area (Å²) in [5.74, 6) is 0. The Balaban J connectivity index is 2.55. The molecule has 0 spiro atoms. The number of rotatable bonds is 0. The fourth-order valence-corrected chi connectivity index (χ4v) is 2.22. The van der Waals surface area contributed by atoms with Crippen molar-refractivity contribution < 1.29 is 0 Å². The van der Waals surface area contributed by atoms with E-state index in [2.05, 4.69) is 28.7 Å². The average molecular weight is 164 g/mol. The maximum absolute atomic E-state index is 4.20. The Kier molecular flexibility index (Phi) is 1.49. The van der Waals surface area contributed by atoms with E-state index in [0.29, 0.717) is 6.85 Å². The third kappa shape index (κ3) is 0.978. The molecule has 4 heteroatoms. The number of hydrazone groups is 1. The van der Waals surface area contributed by atoms with Crippen molar-refractivity contribution in [3.8, 4) is 0 Å². The predicted octanol–water partition coefficient (Wildman–Crippen LogP) is 0.904. The molecule has 1 aliphatic heterocycles. The number of fused-ring (bicyclic) bond motifs is 1. The third-order valence-corrected chi connectivity index (χ3v) is 3.00. The first-order chi connectivity index (χ1) is 5.29. The molecular weight excluding hydrogens is 155 g/mol. The normalized spacial score (nSPS) is 15.5. The lowest BCUT2D eigenvalue weighted by Gasteiger charge is -2.14. The van der Waals surface area contributed by atoms with Crippen molar-refractivity contribution in [2.75, 3.05) is 0 Å². The maximum atomic E-state index is 4.20. The zero-order chi connectivity index (χ0) is 7.84. The number of hydrogen-bond acceptors (Lipinski definition) is 3. The number of nitrogens with one attached hydrogen (secondary N) is 1. The first-order valence-corrected chi connectivity index (χ1v) is 4.54. The molecule has 0 unspecified atom stereocenters. The van der Waals surface area contributed by atoms with Gasteiger partial charge in [-0.25, -0.2) is 0 Å². The molecule has 1 aromatic heterocycles. The smallest absolute Gasteiger partial charge is 0.313 e. The van der Waals surface area contributed by atoms with Crippen LogP contribution in [0.15, 0.2) is 16.5 Å². The van der Waals surface area contributed by atoms with Gasteiger partial charge in [0.1, 0.15) is 0 Å². The molecular formula is C7H9BN2S. The Labute approximate surface area is 70.4 Å². The van der Waals surface area contributed by atoms with Gasteiger partial charge in [0.25, 0.3) is 0 Å². The maximum Gasteiger partial charge on any atom is 0.313 e. The zero-order valence-corrected chi connectivity index (χ0v) is 7.40. The molecule has 2 nitrogen and oxygen atoms in total. The van der Waals surface area contributed by atoms with Crippen molar-refractivity contribution in [1.82, 2.24) is 5.34 Å². The monoisotopic (exact) mass is 164 g/mol. The molecule has 0 bridgehead atoms. The molecule has 11 heavy (non-hydrogen) atoms. The van der Waals surface area contributed by atoms with Crippen molar-refractivity contribution in [3.63, 3.8) is 0 Å². The van der Waals surface area contributed by atoms with Crippen LogP contribution in [0, 0.1) is 0 Å². The van der Waals surface area contributed by atoms with E-state index in [1.165, 1.54) is 10.3 Å². The lowest BCUT2D eigenvalue weighted by Crippen LogP contribution is -2.43. The molecule has 2 heterocycles. The highest BCUT2D eigenvalue weighted by atomic mass is 32.1. The lowest BCUT2D eigenvalue weighted by molar-refractivity contribution is 1.05. The molecule has 0 saturated carbocycles. The Morgan fingerprint density at radius 2 is 2.45 bits per heavy atom. The molecule has 0 atom stereocenters. The largest absolute Gasteiger partial charge is 0.346 e. The van der Waals surface area contributed by atoms with Gasteiger partial charge in [-0.05, 0) is 18.4 Å². The standard InChI is InChI=1S/C7H9BN2S/c1-5-6-3-4-11-7(6)8(2)10-9-5/h3-4,10H,1-2H3. The van der Waals surface area contributed by atoms with Gasteiger partial charge < -0.3 is 5.34 Å². The van der Waals surface area contributed by atoms with E-state index in [1.54, 1.807) is 11.3 Å². The van der Waals surface area contributed by atoms with E-state index < -0.39 is 0 Å². The number of hydrogen-bond donors (Lipinski definition) is 1. The van der Waals surface area contributed by atoms with Crippen molar-refractivity contribution in [3.05, 3.63) is 17.0 Å². The molecule has 1 aromatic rings. The first-order valence-electron chi connectivity index (χ1n) is 3.66. The molecule has 1 aliphatic rings. The van der Waals surface area contributed by atoms with Crippen molar-refractivity contribution >= 4 is 28.7 Å². The van der Waals surface area contributed by atoms with Crippen LogP contribution >= 0.6 is 11.3 Å². The van der Waals surface area contributed by atoms with Crippen molar-refractivity contribution in [2.45, 2.75) is 13.7 Å². The van der Waals surface area contributed by atoms with Crippen molar-refractivity contribution in [2.24, 2.45) is 5.10 Å². The summed E-state index contributed by atoms with van der Waals surface area (Å²) < 4.78 is 1.40. The summed E-state index contributed by atoms with van der Waals surface area (Å²) in [5.41, 5.74) is 2.40. The zero-order valence-electron chi connectivity index (χ0n) is 6.59. The Bertz CT molecular complexity index is 305. The SMILES string of the molecule is CB1NN=C(C)c2ccsc21. The summed E-state index contributed by atoms with van der Waals surface area (Å²) in [7, 11) is 0. The second kappa shape index (κ2) is 2.38. The van der Waals surface area contributed by atoms with Crippen LogP contribution in [0.2, 0.25) is 6.82 Å². The number of thiophene rings is 1. The fraction of sp³-hybridized carbons (Fsp3) is 0.286. The summed E-state index contributed by atoms with van der Waals surface area (Å²) in [6.45, 7) is 4.55. The minimum absolute atomic E-state index is 0.383. The van der Waals surface area contributed by atoms with Crippen LogP contribution in [0.3, 0.4) is 0 Å². The molecule has 0 saturated heterocycles. The molecule has 0 radical (unpaired) electrons. The molecule has 1 N–H and O–H groups in total. The Morgan fingerprint density at radius 3 is 3.18 bits per heavy atom. The second-order valence-electron chi connectivity index (χ2n) is 2.75. The van der Waals surface area contributed by atoms with Gasteiger partial charge in [-0.3, -0.25) is 0 Å². The topological polar surface area (TPSA) is 24.4 Å². The van der Waals surface area contributed by atoms with Crippen LogP contribution < -0.4 is 10.1 Å². The molecule has 0 aliphatic carbocycles.